The van der Waals surface area contributed by atoms with Crippen molar-refractivity contribution in [1.82, 2.24) is 10.6 Å². The third-order valence-corrected chi connectivity index (χ3v) is 5.17. The monoisotopic (exact) mass is 369 g/mol. The van der Waals surface area contributed by atoms with Gasteiger partial charge in [-0.1, -0.05) is 20.3 Å². The Morgan fingerprint density at radius 1 is 1.35 bits per heavy atom. The molecule has 9 nitrogen and oxygen atoms in total. The third kappa shape index (κ3) is 4.51. The second kappa shape index (κ2) is 8.03. The lowest BCUT2D eigenvalue weighted by molar-refractivity contribution is -0.193. The number of carbonyl (C=O) groups is 4. The number of ether oxygens (including phenoxy) is 1. The highest BCUT2D eigenvalue weighted by molar-refractivity contribution is 5.94. The maximum atomic E-state index is 12.3. The molecule has 0 aromatic rings. The summed E-state index contributed by atoms with van der Waals surface area (Å²) in [6, 6.07) is -2.01. The number of amides is 2. The number of hydrogen-bond acceptors (Lipinski definition) is 6. The molecule has 2 amide bonds. The average Bonchev–Trinajstić information content (AvgIpc) is 3.28. The van der Waals surface area contributed by atoms with Crippen LogP contribution >= 0.6 is 0 Å². The van der Waals surface area contributed by atoms with Gasteiger partial charge < -0.3 is 26.2 Å². The number of nitrogens with two attached hydrogens (primary N) is 1. The molecule has 0 bridgehead atoms. The maximum Gasteiger partial charge on any atom is 0.326 e. The molecule has 1 saturated carbocycles. The van der Waals surface area contributed by atoms with Gasteiger partial charge in [-0.3, -0.25) is 14.4 Å². The van der Waals surface area contributed by atoms with E-state index in [4.69, 9.17) is 10.5 Å². The molecule has 0 aromatic heterocycles. The molecular weight excluding hydrogens is 342 g/mol. The quantitative estimate of drug-likeness (QED) is 0.396. The minimum absolute atomic E-state index is 0.0498. The van der Waals surface area contributed by atoms with Crippen molar-refractivity contribution >= 4 is 23.8 Å². The fraction of sp³-hybridized carbons (Fsp3) is 0.765. The van der Waals surface area contributed by atoms with Crippen molar-refractivity contribution in [2.75, 3.05) is 0 Å². The Kier molecular flexibility index (Phi) is 6.22. The van der Waals surface area contributed by atoms with Gasteiger partial charge in [0.2, 0.25) is 5.91 Å². The lowest BCUT2D eigenvalue weighted by Crippen LogP contribution is -2.56. The normalized spacial score (nSPS) is 30.2. The highest BCUT2D eigenvalue weighted by Gasteiger charge is 2.51. The van der Waals surface area contributed by atoms with Crippen LogP contribution in [-0.4, -0.2) is 53.1 Å². The fourth-order valence-electron chi connectivity index (χ4n) is 3.11. The van der Waals surface area contributed by atoms with Gasteiger partial charge in [0, 0.05) is 6.04 Å². The molecule has 146 valence electrons. The Balaban J connectivity index is 1.82. The zero-order chi connectivity index (χ0) is 19.6. The van der Waals surface area contributed by atoms with Gasteiger partial charge in [-0.15, -0.1) is 0 Å². The summed E-state index contributed by atoms with van der Waals surface area (Å²) in [5, 5.41) is 14.4. The van der Waals surface area contributed by atoms with E-state index in [0.29, 0.717) is 6.42 Å². The molecule has 2 rings (SSSR count). The van der Waals surface area contributed by atoms with Gasteiger partial charge >= 0.3 is 11.9 Å². The van der Waals surface area contributed by atoms with Crippen molar-refractivity contribution < 1.29 is 29.0 Å². The number of nitrogens with one attached hydrogen (secondary N) is 2. The van der Waals surface area contributed by atoms with Gasteiger partial charge in [0.1, 0.15) is 12.0 Å². The molecule has 1 saturated heterocycles. The Labute approximate surface area is 152 Å². The van der Waals surface area contributed by atoms with E-state index in [-0.39, 0.29) is 36.2 Å². The van der Waals surface area contributed by atoms with Crippen LogP contribution in [0.25, 0.3) is 0 Å². The number of rotatable bonds is 9. The number of hydrogen-bond donors (Lipinski definition) is 4. The van der Waals surface area contributed by atoms with E-state index < -0.39 is 36.0 Å². The number of carboxylic acids is 1. The first-order valence-electron chi connectivity index (χ1n) is 8.95. The van der Waals surface area contributed by atoms with E-state index in [1.165, 1.54) is 6.92 Å². The topological polar surface area (TPSA) is 148 Å². The van der Waals surface area contributed by atoms with Gasteiger partial charge in [-0.25, -0.2) is 4.79 Å². The molecule has 0 radical (unpaired) electrons. The number of aliphatic carboxylic acids is 1. The molecule has 0 aromatic carbocycles. The zero-order valence-electron chi connectivity index (χ0n) is 15.2. The van der Waals surface area contributed by atoms with Crippen LogP contribution in [-0.2, 0) is 23.9 Å². The maximum absolute atomic E-state index is 12.3. The highest BCUT2D eigenvalue weighted by Crippen LogP contribution is 2.37. The number of esters is 1. The number of cyclic esters (lactones) is 1. The van der Waals surface area contributed by atoms with E-state index >= 15 is 0 Å². The number of carbonyl (C=O) groups excluding carboxylic acids is 3. The van der Waals surface area contributed by atoms with E-state index in [0.717, 1.165) is 6.42 Å². The van der Waals surface area contributed by atoms with Gasteiger partial charge in [-0.05, 0) is 31.6 Å². The molecule has 5 N–H and O–H groups in total. The molecule has 26 heavy (non-hydrogen) atoms. The summed E-state index contributed by atoms with van der Waals surface area (Å²) < 4.78 is 4.98. The minimum atomic E-state index is -1.14. The molecule has 2 aliphatic rings. The van der Waals surface area contributed by atoms with E-state index in [1.54, 1.807) is 0 Å². The molecule has 1 heterocycles. The molecule has 1 aliphatic heterocycles. The Morgan fingerprint density at radius 2 is 2.00 bits per heavy atom. The summed E-state index contributed by atoms with van der Waals surface area (Å²) in [7, 11) is 0. The van der Waals surface area contributed by atoms with Crippen molar-refractivity contribution in [2.45, 2.75) is 64.3 Å². The van der Waals surface area contributed by atoms with Crippen LogP contribution < -0.4 is 16.4 Å². The summed E-state index contributed by atoms with van der Waals surface area (Å²) >= 11 is 0. The molecule has 1 unspecified atom stereocenters. The SMILES string of the molecule is CCC(C)[C@@H]1C(=O)O[C@H]1C(=O)N[C@H]1C[C@@H]1C[C@@H](NC(=O)[C@H](C)N)C(=O)O. The van der Waals surface area contributed by atoms with Crippen molar-refractivity contribution in [1.29, 1.82) is 0 Å². The van der Waals surface area contributed by atoms with E-state index in [2.05, 4.69) is 10.6 Å². The van der Waals surface area contributed by atoms with Crippen LogP contribution in [0.3, 0.4) is 0 Å². The van der Waals surface area contributed by atoms with Gasteiger partial charge in [-0.2, -0.15) is 0 Å². The van der Waals surface area contributed by atoms with Crippen molar-refractivity contribution in [3.8, 4) is 0 Å². The van der Waals surface area contributed by atoms with Crippen LogP contribution in [0, 0.1) is 17.8 Å². The molecule has 7 atom stereocenters. The molecular formula is C17H27N3O6. The molecule has 9 heteroatoms. The summed E-state index contributed by atoms with van der Waals surface area (Å²) in [5.41, 5.74) is 5.44. The molecule has 0 spiro atoms. The van der Waals surface area contributed by atoms with Gasteiger partial charge in [0.25, 0.3) is 5.91 Å². The number of carboxylic acid groups (broad SMARTS) is 1. The third-order valence-electron chi connectivity index (χ3n) is 5.17. The van der Waals surface area contributed by atoms with Crippen LogP contribution in [0.5, 0.6) is 0 Å². The zero-order valence-corrected chi connectivity index (χ0v) is 15.2. The summed E-state index contributed by atoms with van der Waals surface area (Å²) in [6.45, 7) is 5.33. The highest BCUT2D eigenvalue weighted by atomic mass is 16.6. The smallest absolute Gasteiger partial charge is 0.326 e. The van der Waals surface area contributed by atoms with Crippen molar-refractivity contribution in [2.24, 2.45) is 23.5 Å². The van der Waals surface area contributed by atoms with Gasteiger partial charge in [0.15, 0.2) is 6.10 Å². The molecule has 2 fully saturated rings. The first-order chi connectivity index (χ1) is 12.1. The Hall–Kier alpha value is -2.16. The average molecular weight is 369 g/mol. The van der Waals surface area contributed by atoms with Gasteiger partial charge in [0.05, 0.1) is 6.04 Å². The second-order valence-corrected chi connectivity index (χ2v) is 7.30. The van der Waals surface area contributed by atoms with Crippen LogP contribution in [0.15, 0.2) is 0 Å². The fourth-order valence-corrected chi connectivity index (χ4v) is 3.11. The predicted octanol–water partition coefficient (Wildman–Crippen LogP) is -0.614. The Bertz CT molecular complexity index is 593. The first-order valence-corrected chi connectivity index (χ1v) is 8.95. The van der Waals surface area contributed by atoms with Crippen LogP contribution in [0.2, 0.25) is 0 Å². The summed E-state index contributed by atoms with van der Waals surface area (Å²) in [5.74, 6) is -2.77. The summed E-state index contributed by atoms with van der Waals surface area (Å²) in [6.07, 6.45) is 0.831. The first kappa shape index (κ1) is 20.2. The van der Waals surface area contributed by atoms with Crippen LogP contribution in [0.1, 0.15) is 40.0 Å². The predicted molar refractivity (Wildman–Crippen MR) is 90.7 cm³/mol. The minimum Gasteiger partial charge on any atom is -0.480 e. The Morgan fingerprint density at radius 3 is 2.50 bits per heavy atom. The van der Waals surface area contributed by atoms with E-state index in [9.17, 15) is 24.3 Å². The second-order valence-electron chi connectivity index (χ2n) is 7.30. The lowest BCUT2D eigenvalue weighted by atomic mass is 9.83. The standard InChI is InChI=1S/C17H27N3O6/c1-4-7(2)12-13(26-17(12)25)15(22)19-10-5-9(10)6-11(16(23)24)20-14(21)8(3)18/h7-13H,4-6,18H2,1-3H3,(H,19,22)(H,20,21)(H,23,24)/t7?,8-,9+,10-,11+,12-,13+/m0/s1. The molecule has 1 aliphatic carbocycles. The van der Waals surface area contributed by atoms with Crippen LogP contribution in [0.4, 0.5) is 0 Å². The van der Waals surface area contributed by atoms with Crippen molar-refractivity contribution in [3.05, 3.63) is 0 Å². The lowest BCUT2D eigenvalue weighted by Gasteiger charge is -2.37. The summed E-state index contributed by atoms with van der Waals surface area (Å²) in [4.78, 5) is 46.8. The largest absolute Gasteiger partial charge is 0.480 e. The van der Waals surface area contributed by atoms with Crippen molar-refractivity contribution in [3.63, 3.8) is 0 Å². The van der Waals surface area contributed by atoms with E-state index in [1.807, 2.05) is 13.8 Å².